The van der Waals surface area contributed by atoms with Crippen LogP contribution in [0.3, 0.4) is 0 Å². The first kappa shape index (κ1) is 17.9. The zero-order valence-electron chi connectivity index (χ0n) is 14.6. The van der Waals surface area contributed by atoms with E-state index >= 15 is 0 Å². The van der Waals surface area contributed by atoms with Gasteiger partial charge in [0.05, 0.1) is 5.71 Å². The lowest BCUT2D eigenvalue weighted by molar-refractivity contribution is -0.162. The number of amides is 2. The lowest BCUT2D eigenvalue weighted by atomic mass is 9.90. The highest BCUT2D eigenvalue weighted by Gasteiger charge is 2.53. The van der Waals surface area contributed by atoms with Gasteiger partial charge in [0, 0.05) is 13.5 Å². The quantitative estimate of drug-likeness (QED) is 0.680. The fourth-order valence-electron chi connectivity index (χ4n) is 2.46. The summed E-state index contributed by atoms with van der Waals surface area (Å²) in [6, 6.07) is 9.41. The third kappa shape index (κ3) is 3.41. The molecule has 1 atom stereocenters. The summed E-state index contributed by atoms with van der Waals surface area (Å²) in [6.07, 6.45) is -0.665. The number of carbonyl (C=O) groups excluding carboxylic acids is 2. The molecular formula is C17H23N3O4. The van der Waals surface area contributed by atoms with Crippen LogP contribution in [-0.4, -0.2) is 51.2 Å². The summed E-state index contributed by atoms with van der Waals surface area (Å²) >= 11 is 0. The molecule has 7 nitrogen and oxygen atoms in total. The lowest BCUT2D eigenvalue weighted by Crippen LogP contribution is -2.59. The van der Waals surface area contributed by atoms with Gasteiger partial charge in [0.25, 0.3) is 5.91 Å². The Kier molecular flexibility index (Phi) is 4.66. The Bertz CT molecular complexity index is 666. The van der Waals surface area contributed by atoms with Gasteiger partial charge in [0.2, 0.25) is 0 Å². The fourth-order valence-corrected chi connectivity index (χ4v) is 2.46. The van der Waals surface area contributed by atoms with Crippen LogP contribution in [0.4, 0.5) is 4.79 Å². The van der Waals surface area contributed by atoms with Gasteiger partial charge in [0.1, 0.15) is 5.60 Å². The first-order chi connectivity index (χ1) is 11.1. The lowest BCUT2D eigenvalue weighted by Gasteiger charge is -2.33. The molecule has 0 radical (unpaired) electrons. The Hall–Kier alpha value is -2.41. The minimum absolute atomic E-state index is 0.327. The molecule has 0 saturated carbocycles. The summed E-state index contributed by atoms with van der Waals surface area (Å²) < 4.78 is 5.17. The summed E-state index contributed by atoms with van der Waals surface area (Å²) in [4.78, 5) is 24.8. The van der Waals surface area contributed by atoms with Crippen molar-refractivity contribution in [2.24, 2.45) is 5.10 Å². The second-order valence-electron chi connectivity index (χ2n) is 6.90. The van der Waals surface area contributed by atoms with Crippen LogP contribution >= 0.6 is 0 Å². The Morgan fingerprint density at radius 2 is 1.92 bits per heavy atom. The third-order valence-corrected chi connectivity index (χ3v) is 3.75. The van der Waals surface area contributed by atoms with Gasteiger partial charge in [-0.3, -0.25) is 10.0 Å². The van der Waals surface area contributed by atoms with Gasteiger partial charge in [-0.2, -0.15) is 10.2 Å². The van der Waals surface area contributed by atoms with Crippen molar-refractivity contribution in [2.75, 3.05) is 7.05 Å². The molecule has 0 spiro atoms. The van der Waals surface area contributed by atoms with Gasteiger partial charge in [-0.1, -0.05) is 30.3 Å². The molecule has 0 bridgehead atoms. The normalized spacial score (nSPS) is 20.8. The molecule has 0 fully saturated rings. The van der Waals surface area contributed by atoms with Crippen LogP contribution in [0.15, 0.2) is 35.4 Å². The van der Waals surface area contributed by atoms with E-state index in [-0.39, 0.29) is 0 Å². The second kappa shape index (κ2) is 6.24. The van der Waals surface area contributed by atoms with Gasteiger partial charge >= 0.3 is 6.09 Å². The molecule has 1 aromatic carbocycles. The first-order valence-electron chi connectivity index (χ1n) is 7.68. The molecule has 1 unspecified atom stereocenters. The molecule has 0 aromatic heterocycles. The molecule has 0 saturated heterocycles. The Balaban J connectivity index is 2.31. The second-order valence-corrected chi connectivity index (χ2v) is 6.90. The van der Waals surface area contributed by atoms with Crippen LogP contribution in [0.2, 0.25) is 0 Å². The molecule has 1 N–H and O–H groups in total. The van der Waals surface area contributed by atoms with Crippen LogP contribution < -0.4 is 0 Å². The minimum Gasteiger partial charge on any atom is -0.442 e. The number of hydrogen-bond donors (Lipinski definition) is 1. The number of benzene rings is 1. The fraction of sp³-hybridized carbons (Fsp3) is 0.471. The SMILES string of the molecule is CN1N=C(Cc2ccccc2)C(C)(N(O)C(=O)OC(C)(C)C)C1=O. The molecule has 7 heteroatoms. The van der Waals surface area contributed by atoms with Crippen LogP contribution in [0.1, 0.15) is 33.3 Å². The number of nitrogens with zero attached hydrogens (tertiary/aromatic N) is 3. The number of rotatable bonds is 3. The maximum Gasteiger partial charge on any atom is 0.435 e. The van der Waals surface area contributed by atoms with Crippen molar-refractivity contribution in [3.63, 3.8) is 0 Å². The Morgan fingerprint density at radius 1 is 1.33 bits per heavy atom. The van der Waals surface area contributed by atoms with Crippen LogP contribution in [-0.2, 0) is 16.0 Å². The van der Waals surface area contributed by atoms with E-state index in [0.717, 1.165) is 10.6 Å². The van der Waals surface area contributed by atoms with E-state index < -0.39 is 23.1 Å². The van der Waals surface area contributed by atoms with Crippen molar-refractivity contribution in [3.05, 3.63) is 35.9 Å². The minimum atomic E-state index is -1.60. The zero-order chi connectivity index (χ0) is 18.1. The summed E-state index contributed by atoms with van der Waals surface area (Å²) in [5.41, 5.74) is -1.11. The third-order valence-electron chi connectivity index (χ3n) is 3.75. The number of hydrazone groups is 1. The van der Waals surface area contributed by atoms with Crippen LogP contribution in [0.5, 0.6) is 0 Å². The molecule has 2 amide bonds. The van der Waals surface area contributed by atoms with E-state index in [0.29, 0.717) is 17.2 Å². The van der Waals surface area contributed by atoms with Crippen molar-refractivity contribution in [2.45, 2.75) is 45.3 Å². The predicted molar refractivity (Wildman–Crippen MR) is 88.6 cm³/mol. The van der Waals surface area contributed by atoms with Crippen LogP contribution in [0, 0.1) is 0 Å². The maximum atomic E-state index is 12.5. The van der Waals surface area contributed by atoms with Crippen LogP contribution in [0.25, 0.3) is 0 Å². The molecule has 1 aromatic rings. The zero-order valence-corrected chi connectivity index (χ0v) is 14.6. The number of hydrogen-bond acceptors (Lipinski definition) is 5. The summed E-state index contributed by atoms with van der Waals surface area (Å²) in [5, 5.41) is 16.1. The standard InChI is InChI=1S/C17H23N3O4/c1-16(2,3)24-15(22)20(23)17(4)13(18-19(5)14(17)21)11-12-9-7-6-8-10-12/h6-10,23H,11H2,1-5H3. The molecule has 1 aliphatic heterocycles. The van der Waals surface area contributed by atoms with Crippen molar-refractivity contribution in [1.29, 1.82) is 0 Å². The molecule has 130 valence electrons. The highest BCUT2D eigenvalue weighted by molar-refractivity contribution is 6.17. The number of ether oxygens (including phenoxy) is 1. The van der Waals surface area contributed by atoms with Crippen molar-refractivity contribution in [1.82, 2.24) is 10.1 Å². The topological polar surface area (TPSA) is 82.4 Å². The van der Waals surface area contributed by atoms with Gasteiger partial charge in [-0.25, -0.2) is 9.80 Å². The highest BCUT2D eigenvalue weighted by Crippen LogP contribution is 2.28. The number of carbonyl (C=O) groups is 2. The van der Waals surface area contributed by atoms with E-state index in [4.69, 9.17) is 4.74 Å². The average Bonchev–Trinajstić information content (AvgIpc) is 2.71. The average molecular weight is 333 g/mol. The first-order valence-corrected chi connectivity index (χ1v) is 7.68. The van der Waals surface area contributed by atoms with Gasteiger partial charge < -0.3 is 4.74 Å². The Labute approximate surface area is 141 Å². The molecule has 1 aliphatic rings. The maximum absolute atomic E-state index is 12.5. The number of likely N-dealkylation sites (N-methyl/N-ethyl adjacent to an activating group) is 1. The molecule has 0 aliphatic carbocycles. The van der Waals surface area contributed by atoms with Crippen molar-refractivity contribution >= 4 is 17.7 Å². The van der Waals surface area contributed by atoms with Gasteiger partial charge in [-0.15, -0.1) is 0 Å². The van der Waals surface area contributed by atoms with E-state index in [2.05, 4.69) is 5.10 Å². The molecular weight excluding hydrogens is 310 g/mol. The number of hydroxylamine groups is 2. The van der Waals surface area contributed by atoms with Crippen molar-refractivity contribution in [3.8, 4) is 0 Å². The summed E-state index contributed by atoms with van der Waals surface area (Å²) in [5.74, 6) is -0.498. The smallest absolute Gasteiger partial charge is 0.435 e. The Morgan fingerprint density at radius 3 is 2.46 bits per heavy atom. The van der Waals surface area contributed by atoms with E-state index in [1.54, 1.807) is 20.8 Å². The molecule has 1 heterocycles. The predicted octanol–water partition coefficient (Wildman–Crippen LogP) is 2.44. The van der Waals surface area contributed by atoms with E-state index in [1.807, 2.05) is 30.3 Å². The monoisotopic (exact) mass is 333 g/mol. The highest BCUT2D eigenvalue weighted by atomic mass is 16.6. The molecule has 24 heavy (non-hydrogen) atoms. The molecule has 2 rings (SSSR count). The summed E-state index contributed by atoms with van der Waals surface area (Å²) in [7, 11) is 1.49. The largest absolute Gasteiger partial charge is 0.442 e. The summed E-state index contributed by atoms with van der Waals surface area (Å²) in [6.45, 7) is 6.51. The van der Waals surface area contributed by atoms with Gasteiger partial charge in [-0.05, 0) is 33.3 Å². The van der Waals surface area contributed by atoms with Crippen molar-refractivity contribution < 1.29 is 19.5 Å². The van der Waals surface area contributed by atoms with Gasteiger partial charge in [0.15, 0.2) is 5.54 Å². The van der Waals surface area contributed by atoms with E-state index in [1.165, 1.54) is 14.0 Å². The van der Waals surface area contributed by atoms with E-state index in [9.17, 15) is 14.8 Å².